The highest BCUT2D eigenvalue weighted by molar-refractivity contribution is 5.93. The van der Waals surface area contributed by atoms with Crippen molar-refractivity contribution in [3.8, 4) is 0 Å². The van der Waals surface area contributed by atoms with Gasteiger partial charge in [-0.1, -0.05) is 34.1 Å². The maximum absolute atomic E-state index is 12.8. The molecule has 0 aromatic carbocycles. The van der Waals surface area contributed by atoms with Gasteiger partial charge >= 0.3 is 5.97 Å². The number of carboxylic acid groups (broad SMARTS) is 1. The lowest BCUT2D eigenvalue weighted by atomic mass is 9.98. The monoisotopic (exact) mass is 471 g/mol. The number of carbonyl (C=O) groups is 4. The summed E-state index contributed by atoms with van der Waals surface area (Å²) >= 11 is 0. The first-order chi connectivity index (χ1) is 15.3. The number of nitrogens with zero attached hydrogens (tertiary/aromatic N) is 1. The molecule has 12 heteroatoms. The van der Waals surface area contributed by atoms with Crippen LogP contribution >= 0.6 is 0 Å². The van der Waals surface area contributed by atoms with E-state index in [4.69, 9.17) is 17.2 Å². The zero-order valence-corrected chi connectivity index (χ0v) is 20.3. The van der Waals surface area contributed by atoms with Gasteiger partial charge in [-0.25, -0.2) is 4.79 Å². The van der Waals surface area contributed by atoms with E-state index in [1.807, 2.05) is 20.8 Å². The van der Waals surface area contributed by atoms with E-state index in [0.29, 0.717) is 19.3 Å². The van der Waals surface area contributed by atoms with E-state index in [1.165, 1.54) is 6.92 Å². The summed E-state index contributed by atoms with van der Waals surface area (Å²) in [7, 11) is 0. The average Bonchev–Trinajstić information content (AvgIpc) is 2.71. The van der Waals surface area contributed by atoms with E-state index in [-0.39, 0.29) is 30.8 Å². The Morgan fingerprint density at radius 1 is 0.939 bits per heavy atom. The standard InChI is InChI=1S/C21H41N7O5/c1-6-12(4)16(20(32)33)28-19(31)15(8-7-9-25-21(23)24)27-17(29)13(5)26-18(30)14(22)10-11(2)3/h11-16H,6-10,22H2,1-5H3,(H,26,30)(H,27,29)(H,28,31)(H,32,33)(H4,23,24,25). The van der Waals surface area contributed by atoms with Gasteiger partial charge in [-0.2, -0.15) is 0 Å². The number of carbonyl (C=O) groups excluding carboxylic acids is 3. The van der Waals surface area contributed by atoms with Crippen LogP contribution in [0, 0.1) is 11.8 Å². The van der Waals surface area contributed by atoms with E-state index in [1.54, 1.807) is 6.92 Å². The van der Waals surface area contributed by atoms with Crippen molar-refractivity contribution in [2.24, 2.45) is 34.0 Å². The normalized spacial score (nSPS) is 15.5. The summed E-state index contributed by atoms with van der Waals surface area (Å²) in [5, 5.41) is 17.1. The minimum atomic E-state index is -1.16. The quantitative estimate of drug-likeness (QED) is 0.0892. The predicted octanol–water partition coefficient (Wildman–Crippen LogP) is -0.982. The van der Waals surface area contributed by atoms with Crippen molar-refractivity contribution in [1.29, 1.82) is 0 Å². The first kappa shape index (κ1) is 30.1. The van der Waals surface area contributed by atoms with Crippen molar-refractivity contribution in [3.63, 3.8) is 0 Å². The van der Waals surface area contributed by atoms with Crippen LogP contribution in [0.2, 0.25) is 0 Å². The molecule has 0 bridgehead atoms. The highest BCUT2D eigenvalue weighted by atomic mass is 16.4. The Kier molecular flexibility index (Phi) is 13.7. The molecule has 190 valence electrons. The molecule has 0 saturated heterocycles. The molecular weight excluding hydrogens is 430 g/mol. The molecule has 0 aromatic heterocycles. The van der Waals surface area contributed by atoms with Gasteiger partial charge in [0.15, 0.2) is 5.96 Å². The van der Waals surface area contributed by atoms with Crippen molar-refractivity contribution in [2.45, 2.75) is 84.5 Å². The van der Waals surface area contributed by atoms with Gasteiger partial charge in [0.1, 0.15) is 18.1 Å². The zero-order valence-electron chi connectivity index (χ0n) is 20.3. The second kappa shape index (κ2) is 15.0. The van der Waals surface area contributed by atoms with Crippen molar-refractivity contribution in [1.82, 2.24) is 16.0 Å². The number of rotatable bonds is 15. The van der Waals surface area contributed by atoms with E-state index >= 15 is 0 Å². The number of hydrogen-bond acceptors (Lipinski definition) is 6. The van der Waals surface area contributed by atoms with E-state index in [0.717, 1.165) is 0 Å². The molecule has 12 nitrogen and oxygen atoms in total. The van der Waals surface area contributed by atoms with Crippen molar-refractivity contribution in [2.75, 3.05) is 6.54 Å². The molecule has 0 fully saturated rings. The molecule has 0 heterocycles. The van der Waals surface area contributed by atoms with E-state index in [2.05, 4.69) is 20.9 Å². The van der Waals surface area contributed by atoms with Gasteiger partial charge < -0.3 is 38.3 Å². The van der Waals surface area contributed by atoms with Crippen molar-refractivity contribution >= 4 is 29.7 Å². The number of nitrogens with two attached hydrogens (primary N) is 3. The first-order valence-corrected chi connectivity index (χ1v) is 11.2. The highest BCUT2D eigenvalue weighted by Gasteiger charge is 2.30. The van der Waals surface area contributed by atoms with Crippen LogP contribution in [0.1, 0.15) is 60.3 Å². The molecule has 0 aliphatic carbocycles. The third kappa shape index (κ3) is 12.1. The van der Waals surface area contributed by atoms with Gasteiger partial charge in [0.05, 0.1) is 6.04 Å². The number of nitrogens with one attached hydrogen (secondary N) is 3. The Morgan fingerprint density at radius 2 is 1.55 bits per heavy atom. The molecular formula is C21H41N7O5. The van der Waals surface area contributed by atoms with Crippen LogP contribution in [0.25, 0.3) is 0 Å². The molecule has 33 heavy (non-hydrogen) atoms. The number of hydrogen-bond donors (Lipinski definition) is 7. The Balaban J connectivity index is 5.29. The smallest absolute Gasteiger partial charge is 0.326 e. The molecule has 0 rings (SSSR count). The summed E-state index contributed by atoms with van der Waals surface area (Å²) < 4.78 is 0. The zero-order chi connectivity index (χ0) is 25.7. The molecule has 0 aliphatic heterocycles. The lowest BCUT2D eigenvalue weighted by Gasteiger charge is -2.25. The molecule has 5 atom stereocenters. The van der Waals surface area contributed by atoms with Crippen LogP contribution in [0.3, 0.4) is 0 Å². The lowest BCUT2D eigenvalue weighted by molar-refractivity contribution is -0.143. The second-order valence-corrected chi connectivity index (χ2v) is 8.69. The molecule has 3 amide bonds. The van der Waals surface area contributed by atoms with Crippen LogP contribution in [0.4, 0.5) is 0 Å². The average molecular weight is 472 g/mol. The maximum Gasteiger partial charge on any atom is 0.326 e. The number of aliphatic carboxylic acids is 1. The first-order valence-electron chi connectivity index (χ1n) is 11.2. The Morgan fingerprint density at radius 3 is 2.03 bits per heavy atom. The predicted molar refractivity (Wildman–Crippen MR) is 126 cm³/mol. The lowest BCUT2D eigenvalue weighted by Crippen LogP contribution is -2.57. The Hall–Kier alpha value is -2.89. The van der Waals surface area contributed by atoms with Gasteiger partial charge in [-0.15, -0.1) is 0 Å². The largest absolute Gasteiger partial charge is 0.480 e. The van der Waals surface area contributed by atoms with Crippen LogP contribution in [0.15, 0.2) is 4.99 Å². The summed E-state index contributed by atoms with van der Waals surface area (Å²) in [4.78, 5) is 53.1. The van der Waals surface area contributed by atoms with Crippen LogP contribution in [-0.2, 0) is 19.2 Å². The number of carboxylic acids is 1. The van der Waals surface area contributed by atoms with Crippen molar-refractivity contribution in [3.05, 3.63) is 0 Å². The van der Waals surface area contributed by atoms with Gasteiger partial charge in [-0.05, 0) is 38.0 Å². The van der Waals surface area contributed by atoms with Crippen LogP contribution < -0.4 is 33.2 Å². The third-order valence-electron chi connectivity index (χ3n) is 5.17. The van der Waals surface area contributed by atoms with E-state index in [9.17, 15) is 24.3 Å². The van der Waals surface area contributed by atoms with Crippen LogP contribution in [-0.4, -0.2) is 65.5 Å². The highest BCUT2D eigenvalue weighted by Crippen LogP contribution is 2.09. The fourth-order valence-corrected chi connectivity index (χ4v) is 3.01. The molecule has 0 saturated carbocycles. The molecule has 0 aliphatic rings. The number of guanidine groups is 1. The Bertz CT molecular complexity index is 694. The molecule has 0 aromatic rings. The maximum atomic E-state index is 12.8. The Labute approximate surface area is 195 Å². The number of amides is 3. The van der Waals surface area contributed by atoms with Gasteiger partial charge in [0.25, 0.3) is 0 Å². The summed E-state index contributed by atoms with van der Waals surface area (Å²) in [5.41, 5.74) is 16.5. The fraction of sp³-hybridized carbons (Fsp3) is 0.762. The van der Waals surface area contributed by atoms with Crippen molar-refractivity contribution < 1.29 is 24.3 Å². The summed E-state index contributed by atoms with van der Waals surface area (Å²) in [6.45, 7) is 9.09. The van der Waals surface area contributed by atoms with Gasteiger partial charge in [0.2, 0.25) is 17.7 Å². The van der Waals surface area contributed by atoms with Gasteiger partial charge in [-0.3, -0.25) is 19.4 Å². The molecule has 0 radical (unpaired) electrons. The fourth-order valence-electron chi connectivity index (χ4n) is 3.01. The molecule has 5 unspecified atom stereocenters. The third-order valence-corrected chi connectivity index (χ3v) is 5.17. The SMILES string of the molecule is CCC(C)C(NC(=O)C(CCCN=C(N)N)NC(=O)C(C)NC(=O)C(N)CC(C)C)C(=O)O. The topological polar surface area (TPSA) is 215 Å². The van der Waals surface area contributed by atoms with E-state index < -0.39 is 47.9 Å². The second-order valence-electron chi connectivity index (χ2n) is 8.69. The van der Waals surface area contributed by atoms with Gasteiger partial charge in [0, 0.05) is 6.54 Å². The summed E-state index contributed by atoms with van der Waals surface area (Å²) in [6, 6.07) is -3.86. The minimum absolute atomic E-state index is 0.100. The molecule has 10 N–H and O–H groups in total. The molecule has 0 spiro atoms. The number of aliphatic imine (C=N–C) groups is 1. The summed E-state index contributed by atoms with van der Waals surface area (Å²) in [6.07, 6.45) is 1.52. The van der Waals surface area contributed by atoms with Crippen LogP contribution in [0.5, 0.6) is 0 Å². The minimum Gasteiger partial charge on any atom is -0.480 e. The summed E-state index contributed by atoms with van der Waals surface area (Å²) in [5.74, 6) is -3.08.